The molecule has 4 rings (SSSR count). The number of benzene rings is 2. The lowest BCUT2D eigenvalue weighted by Gasteiger charge is -2.31. The lowest BCUT2D eigenvalue weighted by atomic mass is 9.98. The van der Waals surface area contributed by atoms with E-state index in [0.29, 0.717) is 47.2 Å². The van der Waals surface area contributed by atoms with Crippen molar-refractivity contribution in [1.82, 2.24) is 8.87 Å². The number of fused-ring (bicyclic) bond motifs is 1. The summed E-state index contributed by atoms with van der Waals surface area (Å²) in [5.41, 5.74) is 1.78. The van der Waals surface area contributed by atoms with Crippen molar-refractivity contribution in [1.29, 1.82) is 0 Å². The first-order chi connectivity index (χ1) is 15.7. The molecule has 0 aliphatic carbocycles. The zero-order valence-electron chi connectivity index (χ0n) is 17.9. The third-order valence-electron chi connectivity index (χ3n) is 5.79. The fraction of sp³-hybridized carbons (Fsp3) is 0.364. The molecule has 1 unspecified atom stereocenters. The zero-order valence-corrected chi connectivity index (χ0v) is 21.0. The summed E-state index contributed by atoms with van der Waals surface area (Å²) in [4.78, 5) is 25.0. The summed E-state index contributed by atoms with van der Waals surface area (Å²) >= 11 is 13.4. The molecule has 1 N–H and O–H groups in total. The van der Waals surface area contributed by atoms with Gasteiger partial charge in [0.25, 0.3) is 0 Å². The van der Waals surface area contributed by atoms with Crippen molar-refractivity contribution < 1.29 is 13.2 Å². The standard InChI is InChI=1S/C22H23Cl2N3O4S2/c1-2-27-19-9-8-15(11-20(19)32-22(27)29)25-21(28)14-5-4-10-26(12-14)33(30,31)13-16-17(23)6-3-7-18(16)24/h3,6-9,11,14H,2,4-5,10,12-13H2,1H3,(H,25,28). The van der Waals surface area contributed by atoms with Crippen molar-refractivity contribution in [3.05, 3.63) is 61.7 Å². The Balaban J connectivity index is 1.47. The lowest BCUT2D eigenvalue weighted by molar-refractivity contribution is -0.120. The molecule has 7 nitrogen and oxygen atoms in total. The van der Waals surface area contributed by atoms with E-state index in [-0.39, 0.29) is 23.1 Å². The molecule has 3 aromatic rings. The van der Waals surface area contributed by atoms with Gasteiger partial charge in [0.2, 0.25) is 15.9 Å². The summed E-state index contributed by atoms with van der Waals surface area (Å²) in [5.74, 6) is -1.04. The molecule has 176 valence electrons. The molecule has 1 fully saturated rings. The Hall–Kier alpha value is -1.91. The molecular weight excluding hydrogens is 505 g/mol. The topological polar surface area (TPSA) is 88.5 Å². The molecule has 0 spiro atoms. The average molecular weight is 528 g/mol. The number of hydrogen-bond donors (Lipinski definition) is 1. The first-order valence-corrected chi connectivity index (χ1v) is 13.7. The molecular formula is C22H23Cl2N3O4S2. The van der Waals surface area contributed by atoms with Gasteiger partial charge in [0, 0.05) is 40.9 Å². The Morgan fingerprint density at radius 3 is 2.64 bits per heavy atom. The maximum atomic E-state index is 13.0. The highest BCUT2D eigenvalue weighted by Gasteiger charge is 2.33. The van der Waals surface area contributed by atoms with Crippen LogP contribution in [0.25, 0.3) is 10.2 Å². The van der Waals surface area contributed by atoms with Crippen LogP contribution in [0.5, 0.6) is 0 Å². The monoisotopic (exact) mass is 527 g/mol. The van der Waals surface area contributed by atoms with Gasteiger partial charge in [0.1, 0.15) is 0 Å². The molecule has 2 heterocycles. The molecule has 1 aliphatic rings. The van der Waals surface area contributed by atoms with E-state index in [1.54, 1.807) is 34.9 Å². The third kappa shape index (κ3) is 5.12. The second-order valence-corrected chi connectivity index (χ2v) is 11.7. The summed E-state index contributed by atoms with van der Waals surface area (Å²) in [7, 11) is -3.71. The lowest BCUT2D eigenvalue weighted by Crippen LogP contribution is -2.44. The van der Waals surface area contributed by atoms with Crippen LogP contribution in [0.1, 0.15) is 25.3 Å². The maximum absolute atomic E-state index is 13.0. The minimum absolute atomic E-state index is 0.0391. The van der Waals surface area contributed by atoms with Crippen molar-refractivity contribution >= 4 is 66.4 Å². The Bertz CT molecular complexity index is 1350. The summed E-state index contributed by atoms with van der Waals surface area (Å²) in [6.45, 7) is 2.93. The van der Waals surface area contributed by atoms with Gasteiger partial charge in [-0.1, -0.05) is 40.6 Å². The molecule has 1 atom stereocenters. The van der Waals surface area contributed by atoms with Crippen molar-refractivity contribution in [2.24, 2.45) is 5.92 Å². The van der Waals surface area contributed by atoms with Gasteiger partial charge >= 0.3 is 4.87 Å². The van der Waals surface area contributed by atoms with Crippen LogP contribution >= 0.6 is 34.5 Å². The molecule has 1 aliphatic heterocycles. The number of aromatic nitrogens is 1. The van der Waals surface area contributed by atoms with Crippen molar-refractivity contribution in [2.45, 2.75) is 32.1 Å². The second kappa shape index (κ2) is 9.76. The fourth-order valence-electron chi connectivity index (χ4n) is 4.04. The fourth-order valence-corrected chi connectivity index (χ4v) is 7.40. The zero-order chi connectivity index (χ0) is 23.8. The number of halogens is 2. The third-order valence-corrected chi connectivity index (χ3v) is 9.21. The quantitative estimate of drug-likeness (QED) is 0.508. The predicted octanol–water partition coefficient (Wildman–Crippen LogP) is 4.57. The van der Waals surface area contributed by atoms with E-state index in [9.17, 15) is 18.0 Å². The molecule has 11 heteroatoms. The Morgan fingerprint density at radius 1 is 1.21 bits per heavy atom. The number of thiazole rings is 1. The van der Waals surface area contributed by atoms with Crippen LogP contribution in [-0.2, 0) is 27.1 Å². The number of piperidine rings is 1. The van der Waals surface area contributed by atoms with Crippen molar-refractivity contribution in [2.75, 3.05) is 18.4 Å². The van der Waals surface area contributed by atoms with Gasteiger partial charge < -0.3 is 5.32 Å². The van der Waals surface area contributed by atoms with Crippen molar-refractivity contribution in [3.63, 3.8) is 0 Å². The van der Waals surface area contributed by atoms with Crippen LogP contribution in [0.4, 0.5) is 5.69 Å². The van der Waals surface area contributed by atoms with E-state index >= 15 is 0 Å². The molecule has 1 amide bonds. The number of carbonyl (C=O) groups is 1. The minimum Gasteiger partial charge on any atom is -0.326 e. The normalized spacial score (nSPS) is 17.4. The number of sulfonamides is 1. The first kappa shape index (κ1) is 24.2. The number of anilines is 1. The SMILES string of the molecule is CCn1c(=O)sc2cc(NC(=O)C3CCCN(S(=O)(=O)Cc4c(Cl)cccc4Cl)C3)ccc21. The van der Waals surface area contributed by atoms with Crippen LogP contribution in [0.2, 0.25) is 10.0 Å². The molecule has 1 saturated heterocycles. The van der Waals surface area contributed by atoms with E-state index in [2.05, 4.69) is 5.32 Å². The van der Waals surface area contributed by atoms with E-state index in [0.717, 1.165) is 21.6 Å². The molecule has 0 radical (unpaired) electrons. The molecule has 33 heavy (non-hydrogen) atoms. The number of hydrogen-bond acceptors (Lipinski definition) is 5. The van der Waals surface area contributed by atoms with Crippen LogP contribution in [0.3, 0.4) is 0 Å². The first-order valence-electron chi connectivity index (χ1n) is 10.5. The van der Waals surface area contributed by atoms with Gasteiger partial charge in [-0.25, -0.2) is 12.7 Å². The molecule has 0 saturated carbocycles. The number of rotatable bonds is 6. The van der Waals surface area contributed by atoms with Crippen LogP contribution < -0.4 is 10.2 Å². The highest BCUT2D eigenvalue weighted by molar-refractivity contribution is 7.88. The molecule has 1 aromatic heterocycles. The Morgan fingerprint density at radius 2 is 1.94 bits per heavy atom. The van der Waals surface area contributed by atoms with Gasteiger partial charge in [-0.15, -0.1) is 0 Å². The summed E-state index contributed by atoms with van der Waals surface area (Å²) < 4.78 is 29.9. The number of carbonyl (C=O) groups excluding carboxylic acids is 1. The van der Waals surface area contributed by atoms with Crippen molar-refractivity contribution in [3.8, 4) is 0 Å². The largest absolute Gasteiger partial charge is 0.326 e. The number of aryl methyl sites for hydroxylation is 1. The predicted molar refractivity (Wildman–Crippen MR) is 134 cm³/mol. The number of amides is 1. The van der Waals surface area contributed by atoms with E-state index in [1.807, 2.05) is 13.0 Å². The van der Waals surface area contributed by atoms with E-state index in [4.69, 9.17) is 23.2 Å². The van der Waals surface area contributed by atoms with Gasteiger partial charge in [0.15, 0.2) is 0 Å². The van der Waals surface area contributed by atoms with Gasteiger partial charge in [0.05, 0.1) is 21.9 Å². The second-order valence-electron chi connectivity index (χ2n) is 7.94. The Labute approximate surface area is 206 Å². The molecule has 2 aromatic carbocycles. The minimum atomic E-state index is -3.71. The van der Waals surface area contributed by atoms with Gasteiger partial charge in [-0.2, -0.15) is 0 Å². The average Bonchev–Trinajstić information content (AvgIpc) is 3.10. The Kier molecular flexibility index (Phi) is 7.16. The number of nitrogens with zero attached hydrogens (tertiary/aromatic N) is 2. The maximum Gasteiger partial charge on any atom is 0.308 e. The van der Waals surface area contributed by atoms with Crippen LogP contribution in [0.15, 0.2) is 41.2 Å². The summed E-state index contributed by atoms with van der Waals surface area (Å²) in [6, 6.07) is 10.2. The number of nitrogens with one attached hydrogen (secondary N) is 1. The smallest absolute Gasteiger partial charge is 0.308 e. The van der Waals surface area contributed by atoms with E-state index in [1.165, 1.54) is 4.31 Å². The highest BCUT2D eigenvalue weighted by atomic mass is 35.5. The van der Waals surface area contributed by atoms with Crippen LogP contribution in [-0.4, -0.2) is 36.3 Å². The van der Waals surface area contributed by atoms with Gasteiger partial charge in [-0.05, 0) is 50.1 Å². The molecule has 0 bridgehead atoms. The highest BCUT2D eigenvalue weighted by Crippen LogP contribution is 2.29. The summed E-state index contributed by atoms with van der Waals surface area (Å²) in [6.07, 6.45) is 1.17. The van der Waals surface area contributed by atoms with Crippen LogP contribution in [0, 0.1) is 5.92 Å². The summed E-state index contributed by atoms with van der Waals surface area (Å²) in [5, 5.41) is 3.48. The van der Waals surface area contributed by atoms with E-state index < -0.39 is 15.9 Å². The van der Waals surface area contributed by atoms with Gasteiger partial charge in [-0.3, -0.25) is 14.2 Å².